The molecule has 0 heterocycles. The Bertz CT molecular complexity index is 251. The first kappa shape index (κ1) is 13.4. The van der Waals surface area contributed by atoms with E-state index in [9.17, 15) is 14.4 Å². The van der Waals surface area contributed by atoms with Crippen molar-refractivity contribution in [2.45, 2.75) is 26.2 Å². The molecule has 1 amide bonds. The predicted octanol–water partition coefficient (Wildman–Crippen LogP) is 0.174. The van der Waals surface area contributed by atoms with Crippen LogP contribution in [-0.4, -0.2) is 46.0 Å². The first-order valence-corrected chi connectivity index (χ1v) is 4.62. The molecule has 0 radical (unpaired) electrons. The second-order valence-electron chi connectivity index (χ2n) is 3.15. The van der Waals surface area contributed by atoms with Crippen molar-refractivity contribution < 1.29 is 24.6 Å². The summed E-state index contributed by atoms with van der Waals surface area (Å²) in [6.45, 7) is 1.75. The Hall–Kier alpha value is -1.59. The van der Waals surface area contributed by atoms with Crippen LogP contribution < -0.4 is 0 Å². The van der Waals surface area contributed by atoms with Gasteiger partial charge in [0.2, 0.25) is 5.91 Å². The van der Waals surface area contributed by atoms with E-state index in [1.165, 1.54) is 11.8 Å². The fourth-order valence-corrected chi connectivity index (χ4v) is 1.08. The van der Waals surface area contributed by atoms with Crippen LogP contribution in [0.5, 0.6) is 0 Å². The van der Waals surface area contributed by atoms with Crippen LogP contribution in [0.25, 0.3) is 0 Å². The lowest BCUT2D eigenvalue weighted by Crippen LogP contribution is -2.32. The van der Waals surface area contributed by atoms with Crippen LogP contribution in [0, 0.1) is 0 Å². The Kier molecular flexibility index (Phi) is 6.08. The van der Waals surface area contributed by atoms with Gasteiger partial charge in [0.1, 0.15) is 0 Å². The zero-order chi connectivity index (χ0) is 11.8. The smallest absolute Gasteiger partial charge is 0.305 e. The Morgan fingerprint density at radius 3 is 1.93 bits per heavy atom. The van der Waals surface area contributed by atoms with Crippen LogP contribution in [-0.2, 0) is 14.4 Å². The third kappa shape index (κ3) is 7.48. The lowest BCUT2D eigenvalue weighted by Gasteiger charge is -2.19. The van der Waals surface area contributed by atoms with Gasteiger partial charge in [0.25, 0.3) is 0 Å². The molecule has 0 bridgehead atoms. The highest BCUT2D eigenvalue weighted by Crippen LogP contribution is 1.98. The molecule has 86 valence electrons. The van der Waals surface area contributed by atoms with Gasteiger partial charge in [0.15, 0.2) is 0 Å². The van der Waals surface area contributed by atoms with E-state index in [0.717, 1.165) is 0 Å². The number of carboxylic acids is 2. The molecule has 0 aliphatic rings. The molecule has 0 aliphatic heterocycles. The van der Waals surface area contributed by atoms with Gasteiger partial charge in [-0.1, -0.05) is 0 Å². The van der Waals surface area contributed by atoms with Crippen molar-refractivity contribution in [1.82, 2.24) is 4.90 Å². The second kappa shape index (κ2) is 6.80. The predicted molar refractivity (Wildman–Crippen MR) is 51.4 cm³/mol. The summed E-state index contributed by atoms with van der Waals surface area (Å²) >= 11 is 0. The van der Waals surface area contributed by atoms with Gasteiger partial charge >= 0.3 is 11.9 Å². The summed E-state index contributed by atoms with van der Waals surface area (Å²) in [4.78, 5) is 32.9. The van der Waals surface area contributed by atoms with Crippen molar-refractivity contribution in [3.63, 3.8) is 0 Å². The Balaban J connectivity index is 3.88. The summed E-state index contributed by atoms with van der Waals surface area (Å²) in [6, 6.07) is 0. The zero-order valence-electron chi connectivity index (χ0n) is 8.60. The minimum atomic E-state index is -0.973. The van der Waals surface area contributed by atoms with Crippen molar-refractivity contribution in [2.24, 2.45) is 0 Å². The number of hydrogen-bond acceptors (Lipinski definition) is 3. The molecule has 0 aromatic rings. The Labute approximate surface area is 87.5 Å². The molecule has 0 aliphatic carbocycles. The Morgan fingerprint density at radius 2 is 1.53 bits per heavy atom. The standard InChI is InChI=1S/C9H15NO5/c1-7(11)10(6-4-9(14)15)5-2-3-8(12)13/h2-6H2,1H3,(H,12,13)(H,14,15). The number of hydrogen-bond donors (Lipinski definition) is 2. The first-order valence-electron chi connectivity index (χ1n) is 4.62. The first-order chi connectivity index (χ1) is 6.93. The molecule has 0 saturated carbocycles. The highest BCUT2D eigenvalue weighted by molar-refractivity contribution is 5.74. The summed E-state index contributed by atoms with van der Waals surface area (Å²) in [5.41, 5.74) is 0. The van der Waals surface area contributed by atoms with Gasteiger partial charge in [-0.15, -0.1) is 0 Å². The molecule has 6 nitrogen and oxygen atoms in total. The van der Waals surface area contributed by atoms with Gasteiger partial charge < -0.3 is 15.1 Å². The van der Waals surface area contributed by atoms with Gasteiger partial charge in [0.05, 0.1) is 6.42 Å². The van der Waals surface area contributed by atoms with Gasteiger partial charge in [-0.25, -0.2) is 0 Å². The minimum Gasteiger partial charge on any atom is -0.481 e. The lowest BCUT2D eigenvalue weighted by atomic mass is 10.2. The van der Waals surface area contributed by atoms with E-state index in [-0.39, 0.29) is 31.8 Å². The molecular weight excluding hydrogens is 202 g/mol. The molecule has 15 heavy (non-hydrogen) atoms. The van der Waals surface area contributed by atoms with Gasteiger partial charge in [-0.2, -0.15) is 0 Å². The van der Waals surface area contributed by atoms with Crippen LogP contribution in [0.1, 0.15) is 26.2 Å². The van der Waals surface area contributed by atoms with Crippen LogP contribution in [0.15, 0.2) is 0 Å². The molecule has 0 spiro atoms. The topological polar surface area (TPSA) is 94.9 Å². The molecule has 0 fully saturated rings. The third-order valence-electron chi connectivity index (χ3n) is 1.86. The number of nitrogens with zero attached hydrogens (tertiary/aromatic N) is 1. The molecular formula is C9H15NO5. The number of carbonyl (C=O) groups is 3. The van der Waals surface area contributed by atoms with E-state index >= 15 is 0 Å². The van der Waals surface area contributed by atoms with E-state index in [0.29, 0.717) is 6.42 Å². The van der Waals surface area contributed by atoms with E-state index in [4.69, 9.17) is 10.2 Å². The van der Waals surface area contributed by atoms with Crippen molar-refractivity contribution in [2.75, 3.05) is 13.1 Å². The van der Waals surface area contributed by atoms with Crippen molar-refractivity contribution in [3.05, 3.63) is 0 Å². The number of amides is 1. The molecule has 0 atom stereocenters. The zero-order valence-corrected chi connectivity index (χ0v) is 8.60. The Morgan fingerprint density at radius 1 is 1.00 bits per heavy atom. The summed E-state index contributed by atoms with van der Waals surface area (Å²) in [6.07, 6.45) is 0.206. The number of aliphatic carboxylic acids is 2. The molecule has 0 unspecified atom stereocenters. The molecule has 0 saturated heterocycles. The van der Waals surface area contributed by atoms with E-state index in [1.807, 2.05) is 0 Å². The second-order valence-corrected chi connectivity index (χ2v) is 3.15. The van der Waals surface area contributed by atoms with Crippen molar-refractivity contribution >= 4 is 17.8 Å². The number of carboxylic acid groups (broad SMARTS) is 2. The fraction of sp³-hybridized carbons (Fsp3) is 0.667. The highest BCUT2D eigenvalue weighted by atomic mass is 16.4. The fourth-order valence-electron chi connectivity index (χ4n) is 1.08. The summed E-state index contributed by atoms with van der Waals surface area (Å²) in [5.74, 6) is -2.13. The summed E-state index contributed by atoms with van der Waals surface area (Å²) in [7, 11) is 0. The van der Waals surface area contributed by atoms with E-state index in [1.54, 1.807) is 0 Å². The van der Waals surface area contributed by atoms with E-state index < -0.39 is 11.9 Å². The summed E-state index contributed by atoms with van der Waals surface area (Å²) < 4.78 is 0. The van der Waals surface area contributed by atoms with Crippen LogP contribution in [0.2, 0.25) is 0 Å². The third-order valence-corrected chi connectivity index (χ3v) is 1.86. The van der Waals surface area contributed by atoms with Gasteiger partial charge in [-0.3, -0.25) is 14.4 Å². The maximum Gasteiger partial charge on any atom is 0.305 e. The van der Waals surface area contributed by atoms with Crippen LogP contribution in [0.3, 0.4) is 0 Å². The minimum absolute atomic E-state index is 0.0170. The van der Waals surface area contributed by atoms with Gasteiger partial charge in [-0.05, 0) is 6.42 Å². The molecule has 6 heteroatoms. The average Bonchev–Trinajstić information content (AvgIpc) is 2.09. The van der Waals surface area contributed by atoms with Gasteiger partial charge in [0, 0.05) is 26.4 Å². The van der Waals surface area contributed by atoms with Crippen LogP contribution >= 0.6 is 0 Å². The number of carbonyl (C=O) groups excluding carboxylic acids is 1. The average molecular weight is 217 g/mol. The molecule has 0 aromatic carbocycles. The van der Waals surface area contributed by atoms with Crippen LogP contribution in [0.4, 0.5) is 0 Å². The van der Waals surface area contributed by atoms with Crippen molar-refractivity contribution in [1.29, 1.82) is 0 Å². The van der Waals surface area contributed by atoms with Crippen molar-refractivity contribution in [3.8, 4) is 0 Å². The molecule has 2 N–H and O–H groups in total. The molecule has 0 aromatic heterocycles. The lowest BCUT2D eigenvalue weighted by molar-refractivity contribution is -0.140. The monoisotopic (exact) mass is 217 g/mol. The SMILES string of the molecule is CC(=O)N(CCCC(=O)O)CCC(=O)O. The largest absolute Gasteiger partial charge is 0.481 e. The summed E-state index contributed by atoms with van der Waals surface area (Å²) in [5, 5.41) is 16.8. The highest BCUT2D eigenvalue weighted by Gasteiger charge is 2.10. The quantitative estimate of drug-likeness (QED) is 0.634. The maximum atomic E-state index is 11.0. The van der Waals surface area contributed by atoms with E-state index in [2.05, 4.69) is 0 Å². The maximum absolute atomic E-state index is 11.0. The number of rotatable bonds is 7. The normalized spacial score (nSPS) is 9.67. The molecule has 0 rings (SSSR count).